The fourth-order valence-electron chi connectivity index (χ4n) is 5.28. The highest BCUT2D eigenvalue weighted by molar-refractivity contribution is 7.53. The third kappa shape index (κ3) is 12.0. The zero-order valence-corrected chi connectivity index (χ0v) is 32.7. The van der Waals surface area contributed by atoms with Crippen molar-refractivity contribution in [1.82, 2.24) is 0 Å². The summed E-state index contributed by atoms with van der Waals surface area (Å²) in [6.07, 6.45) is 1.73. The van der Waals surface area contributed by atoms with Gasteiger partial charge in [0.1, 0.15) is 24.1 Å². The molecule has 0 saturated heterocycles. The molecule has 4 aromatic rings. The van der Waals surface area contributed by atoms with Gasteiger partial charge in [-0.1, -0.05) is 17.7 Å². The van der Waals surface area contributed by atoms with Crippen LogP contribution in [0.4, 0.5) is 17.1 Å². The molecule has 0 fully saturated rings. The highest BCUT2D eigenvalue weighted by Crippen LogP contribution is 2.55. The average molecular weight is 754 g/mol. The van der Waals surface area contributed by atoms with Crippen LogP contribution in [0, 0.1) is 6.92 Å². The van der Waals surface area contributed by atoms with Gasteiger partial charge in [0.15, 0.2) is 0 Å². The Balaban J connectivity index is 0.000000283. The molecule has 0 N–H and O–H groups in total. The molecule has 0 radical (unpaired) electrons. The maximum Gasteiger partial charge on any atom is 0.335 e. The van der Waals surface area contributed by atoms with Crippen molar-refractivity contribution < 1.29 is 46.3 Å². The van der Waals surface area contributed by atoms with Crippen LogP contribution >= 0.6 is 15.2 Å². The Hall–Kier alpha value is -4.08. The summed E-state index contributed by atoms with van der Waals surface area (Å²) in [6.45, 7) is 10.1. The van der Waals surface area contributed by atoms with Crippen LogP contribution in [0.3, 0.4) is 0 Å². The molecule has 13 heteroatoms. The predicted octanol–water partition coefficient (Wildman–Crippen LogP) is 10.3. The number of aryl methyl sites for hydroxylation is 1. The predicted molar refractivity (Wildman–Crippen MR) is 205 cm³/mol. The summed E-state index contributed by atoms with van der Waals surface area (Å²) in [4.78, 5) is 23.9. The van der Waals surface area contributed by atoms with E-state index in [-0.39, 0.29) is 38.8 Å². The van der Waals surface area contributed by atoms with Crippen molar-refractivity contribution in [1.29, 1.82) is 0 Å². The van der Waals surface area contributed by atoms with Crippen LogP contribution in [-0.2, 0) is 39.5 Å². The Morgan fingerprint density at radius 2 is 0.846 bits per heavy atom. The van der Waals surface area contributed by atoms with E-state index in [9.17, 15) is 18.7 Å². The first kappa shape index (κ1) is 42.3. The van der Waals surface area contributed by atoms with Gasteiger partial charge in [-0.25, -0.2) is 0 Å². The molecule has 0 saturated carbocycles. The maximum atomic E-state index is 12.9. The fourth-order valence-corrected chi connectivity index (χ4v) is 8.69. The van der Waals surface area contributed by atoms with Crippen LogP contribution in [0.2, 0.25) is 0 Å². The van der Waals surface area contributed by atoms with E-state index in [0.717, 1.165) is 29.6 Å². The summed E-state index contributed by atoms with van der Waals surface area (Å²) in [6, 6.07) is 26.4. The van der Waals surface area contributed by atoms with E-state index in [1.165, 1.54) is 19.8 Å². The number of aldehydes is 2. The van der Waals surface area contributed by atoms with Gasteiger partial charge in [0.2, 0.25) is 0 Å². The quantitative estimate of drug-likeness (QED) is 0.0670. The van der Waals surface area contributed by atoms with E-state index in [1.54, 1.807) is 64.1 Å². The van der Waals surface area contributed by atoms with E-state index in [1.807, 2.05) is 31.2 Å². The standard InChI is InChI=1S/C21H17NO2.C18H32O8P2/c1-16-2-8-19(9-3-16)22(20-10-4-17(14-23)5-11-20)21-12-6-18(15-24)7-13-21;1-7-23-27(19,24-8-2)13-15-11-18(22-6)16(12-17(15)21-5)14-28(20,25-9-3)26-10-4/h2-15H,1H3;11-12H,7-10,13-14H2,1-6H3. The first-order valence-corrected chi connectivity index (χ1v) is 20.4. The molecule has 52 heavy (non-hydrogen) atoms. The van der Waals surface area contributed by atoms with E-state index in [4.69, 9.17) is 27.6 Å². The number of ether oxygens (including phenoxy) is 2. The first-order valence-electron chi connectivity index (χ1n) is 17.0. The van der Waals surface area contributed by atoms with Crippen molar-refractivity contribution >= 4 is 44.8 Å². The van der Waals surface area contributed by atoms with Crippen LogP contribution in [0.15, 0.2) is 84.9 Å². The molecule has 0 amide bonds. The molecule has 0 spiro atoms. The minimum Gasteiger partial charge on any atom is -0.496 e. The van der Waals surface area contributed by atoms with Gasteiger partial charge in [0, 0.05) is 39.3 Å². The number of methoxy groups -OCH3 is 2. The Labute approximate surface area is 307 Å². The third-order valence-corrected chi connectivity index (χ3v) is 11.6. The first-order chi connectivity index (χ1) is 25.0. The number of nitrogens with zero attached hydrogens (tertiary/aromatic N) is 1. The molecule has 280 valence electrons. The van der Waals surface area contributed by atoms with Crippen molar-refractivity contribution in [3.05, 3.63) is 113 Å². The van der Waals surface area contributed by atoms with Crippen molar-refractivity contribution in [2.45, 2.75) is 46.9 Å². The van der Waals surface area contributed by atoms with Gasteiger partial charge < -0.3 is 32.5 Å². The monoisotopic (exact) mass is 753 g/mol. The molecule has 4 rings (SSSR count). The molecule has 0 aliphatic rings. The molecular weight excluding hydrogens is 704 g/mol. The van der Waals surface area contributed by atoms with E-state index < -0.39 is 15.2 Å². The average Bonchev–Trinajstić information content (AvgIpc) is 3.14. The molecule has 0 atom stereocenters. The number of benzene rings is 4. The SMILES string of the molecule is CCOP(=O)(Cc1cc(OC)c(CP(=O)(OCC)OCC)cc1OC)OCC.Cc1ccc(N(c2ccc(C=O)cc2)c2ccc(C=O)cc2)cc1. The fraction of sp³-hybridized carbons (Fsp3) is 0.333. The smallest absolute Gasteiger partial charge is 0.335 e. The second-order valence-electron chi connectivity index (χ2n) is 11.3. The lowest BCUT2D eigenvalue weighted by molar-refractivity contribution is 0.111. The summed E-state index contributed by atoms with van der Waals surface area (Å²) in [5, 5.41) is 0. The number of carbonyl (C=O) groups is 2. The van der Waals surface area contributed by atoms with Gasteiger partial charge >= 0.3 is 15.2 Å². The van der Waals surface area contributed by atoms with Gasteiger partial charge in [-0.3, -0.25) is 18.7 Å². The molecule has 4 aromatic carbocycles. The Kier molecular flexibility index (Phi) is 17.0. The minimum absolute atomic E-state index is 0.0308. The van der Waals surface area contributed by atoms with Gasteiger partial charge in [-0.15, -0.1) is 0 Å². The van der Waals surface area contributed by atoms with E-state index in [2.05, 4.69) is 29.2 Å². The summed E-state index contributed by atoms with van der Waals surface area (Å²) >= 11 is 0. The Bertz CT molecular complexity index is 1680. The topological polar surface area (TPSA) is 127 Å². The Morgan fingerprint density at radius 3 is 1.12 bits per heavy atom. The summed E-state index contributed by atoms with van der Waals surface area (Å²) < 4.78 is 58.2. The second kappa shape index (κ2) is 20.8. The maximum absolute atomic E-state index is 12.9. The third-order valence-electron chi connectivity index (χ3n) is 7.58. The highest BCUT2D eigenvalue weighted by atomic mass is 31.2. The van der Waals surface area contributed by atoms with E-state index >= 15 is 0 Å². The number of hydrogen-bond acceptors (Lipinski definition) is 11. The molecular formula is C39H49NO10P2. The van der Waals surface area contributed by atoms with Crippen molar-refractivity contribution in [3.8, 4) is 11.5 Å². The molecule has 0 bridgehead atoms. The zero-order chi connectivity index (χ0) is 38.1. The number of carbonyl (C=O) groups excluding carboxylic acids is 2. The van der Waals surface area contributed by atoms with Crippen molar-refractivity contribution in [3.63, 3.8) is 0 Å². The molecule has 0 heterocycles. The summed E-state index contributed by atoms with van der Waals surface area (Å²) in [5.41, 5.74) is 6.58. The molecule has 11 nitrogen and oxygen atoms in total. The Morgan fingerprint density at radius 1 is 0.538 bits per heavy atom. The highest BCUT2D eigenvalue weighted by Gasteiger charge is 2.30. The molecule has 0 aromatic heterocycles. The molecule has 0 aliphatic heterocycles. The van der Waals surface area contributed by atoms with Gasteiger partial charge in [-0.2, -0.15) is 0 Å². The van der Waals surface area contributed by atoms with Crippen LogP contribution < -0.4 is 14.4 Å². The number of anilines is 3. The van der Waals surface area contributed by atoms with E-state index in [0.29, 0.717) is 33.8 Å². The largest absolute Gasteiger partial charge is 0.496 e. The normalized spacial score (nSPS) is 11.3. The lowest BCUT2D eigenvalue weighted by atomic mass is 10.1. The van der Waals surface area contributed by atoms with Crippen LogP contribution in [0.25, 0.3) is 0 Å². The van der Waals surface area contributed by atoms with Gasteiger partial charge in [0.25, 0.3) is 0 Å². The van der Waals surface area contributed by atoms with Gasteiger partial charge in [0.05, 0.1) is 53.0 Å². The van der Waals surface area contributed by atoms with Crippen LogP contribution in [-0.4, -0.2) is 53.2 Å². The van der Waals surface area contributed by atoms with Crippen molar-refractivity contribution in [2.24, 2.45) is 0 Å². The molecule has 0 aliphatic carbocycles. The zero-order valence-electron chi connectivity index (χ0n) is 30.9. The summed E-state index contributed by atoms with van der Waals surface area (Å²) in [7, 11) is -3.65. The number of rotatable bonds is 19. The van der Waals surface area contributed by atoms with Crippen LogP contribution in [0.1, 0.15) is 65.1 Å². The lowest BCUT2D eigenvalue weighted by Gasteiger charge is -2.25. The van der Waals surface area contributed by atoms with Crippen LogP contribution in [0.5, 0.6) is 11.5 Å². The molecule has 0 unspecified atom stereocenters. The minimum atomic E-state index is -3.33. The second-order valence-corrected chi connectivity index (χ2v) is 15.4. The lowest BCUT2D eigenvalue weighted by Crippen LogP contribution is -2.10. The summed E-state index contributed by atoms with van der Waals surface area (Å²) in [5.74, 6) is 0.935. The van der Waals surface area contributed by atoms with Crippen molar-refractivity contribution in [2.75, 3.05) is 45.5 Å². The number of hydrogen-bond donors (Lipinski definition) is 0. The van der Waals surface area contributed by atoms with Gasteiger partial charge in [-0.05, 0) is 107 Å².